The second kappa shape index (κ2) is 7.95. The summed E-state index contributed by atoms with van der Waals surface area (Å²) in [6.07, 6.45) is 4.15. The number of nitrogens with zero attached hydrogens (tertiary/aromatic N) is 1. The highest BCUT2D eigenvalue weighted by Gasteiger charge is 2.60. The van der Waals surface area contributed by atoms with Crippen LogP contribution in [0, 0.1) is 24.6 Å². The van der Waals surface area contributed by atoms with Crippen LogP contribution < -0.4 is 10.2 Å². The first-order valence-corrected chi connectivity index (χ1v) is 10.1. The van der Waals surface area contributed by atoms with Crippen molar-refractivity contribution in [1.29, 1.82) is 0 Å². The van der Waals surface area contributed by atoms with Crippen molar-refractivity contribution in [3.63, 3.8) is 0 Å². The molecule has 4 atom stereocenters. The molecule has 0 aromatic heterocycles. The van der Waals surface area contributed by atoms with Crippen LogP contribution in [0.4, 0.5) is 10.1 Å². The summed E-state index contributed by atoms with van der Waals surface area (Å²) in [5, 5.41) is 3.07. The fraction of sp³-hybridized carbons (Fsp3) is 0.292. The van der Waals surface area contributed by atoms with Crippen LogP contribution in [0.5, 0.6) is 0 Å². The highest BCUT2D eigenvalue weighted by atomic mass is 19.1. The molecular weight excluding hydrogens is 383 g/mol. The number of nitrogens with one attached hydrogen (secondary N) is 1. The maximum Gasteiger partial charge on any atom is 0.239 e. The molecule has 0 radical (unpaired) electrons. The number of benzene rings is 2. The molecule has 2 fully saturated rings. The first-order chi connectivity index (χ1) is 14.4. The molecule has 5 rings (SSSR count). The molecule has 2 bridgehead atoms. The van der Waals surface area contributed by atoms with Crippen LogP contribution in [0.1, 0.15) is 18.1 Å². The molecule has 3 aliphatic rings. The Hall–Kier alpha value is -3.12. The lowest BCUT2D eigenvalue weighted by Gasteiger charge is -2.22. The van der Waals surface area contributed by atoms with Gasteiger partial charge in [0.1, 0.15) is 5.82 Å². The zero-order chi connectivity index (χ0) is 21.4. The quantitative estimate of drug-likeness (QED) is 0.779. The van der Waals surface area contributed by atoms with Crippen LogP contribution in [-0.2, 0) is 20.8 Å². The summed E-state index contributed by atoms with van der Waals surface area (Å²) in [6, 6.07) is 13.3. The van der Waals surface area contributed by atoms with Gasteiger partial charge in [-0.3, -0.25) is 19.7 Å². The Balaban J connectivity index is 0.000000185. The van der Waals surface area contributed by atoms with Gasteiger partial charge in [-0.15, -0.1) is 0 Å². The van der Waals surface area contributed by atoms with Gasteiger partial charge in [-0.2, -0.15) is 0 Å². The summed E-state index contributed by atoms with van der Waals surface area (Å²) >= 11 is 0. The molecule has 3 aliphatic heterocycles. The Morgan fingerprint density at radius 3 is 2.37 bits per heavy atom. The molecule has 154 valence electrons. The maximum atomic E-state index is 12.6. The number of halogens is 1. The monoisotopic (exact) mass is 406 g/mol. The molecule has 6 heteroatoms. The number of ketones is 1. The van der Waals surface area contributed by atoms with Gasteiger partial charge in [0.05, 0.1) is 23.6 Å². The third-order valence-electron chi connectivity index (χ3n) is 5.94. The second-order valence-corrected chi connectivity index (χ2v) is 7.77. The van der Waals surface area contributed by atoms with Gasteiger partial charge in [-0.25, -0.2) is 9.29 Å². The average molecular weight is 406 g/mol. The molecule has 0 unspecified atom stereocenters. The average Bonchev–Trinajstić information content (AvgIpc) is 3.21. The zero-order valence-electron chi connectivity index (χ0n) is 16.8. The zero-order valence-corrected chi connectivity index (χ0v) is 16.8. The predicted molar refractivity (Wildman–Crippen MR) is 111 cm³/mol. The smallest absolute Gasteiger partial charge is 0.239 e. The minimum Gasteiger partial charge on any atom is -0.299 e. The van der Waals surface area contributed by atoms with E-state index in [2.05, 4.69) is 12.2 Å². The number of hydrogen-bond donors (Lipinski definition) is 1. The van der Waals surface area contributed by atoms with Gasteiger partial charge in [-0.1, -0.05) is 43.3 Å². The van der Waals surface area contributed by atoms with Gasteiger partial charge < -0.3 is 0 Å². The van der Waals surface area contributed by atoms with E-state index >= 15 is 0 Å². The molecule has 3 heterocycles. The van der Waals surface area contributed by atoms with Crippen LogP contribution in [0.25, 0.3) is 0 Å². The van der Waals surface area contributed by atoms with Gasteiger partial charge in [0.25, 0.3) is 0 Å². The van der Waals surface area contributed by atoms with E-state index < -0.39 is 17.9 Å². The van der Waals surface area contributed by atoms with Gasteiger partial charge >= 0.3 is 0 Å². The molecule has 2 saturated heterocycles. The lowest BCUT2D eigenvalue weighted by Crippen LogP contribution is -2.46. The van der Waals surface area contributed by atoms with Crippen molar-refractivity contribution in [2.24, 2.45) is 11.8 Å². The number of fused-ring (bicyclic) bond motifs is 5. The number of amides is 2. The Labute approximate surface area is 174 Å². The van der Waals surface area contributed by atoms with Gasteiger partial charge in [0.2, 0.25) is 11.8 Å². The van der Waals surface area contributed by atoms with E-state index in [4.69, 9.17) is 0 Å². The maximum absolute atomic E-state index is 12.6. The molecule has 2 aromatic rings. The van der Waals surface area contributed by atoms with Gasteiger partial charge in [-0.05, 0) is 48.7 Å². The fourth-order valence-corrected chi connectivity index (χ4v) is 4.35. The normalized spacial score (nSPS) is 26.5. The molecule has 1 N–H and O–H groups in total. The molecule has 30 heavy (non-hydrogen) atoms. The van der Waals surface area contributed by atoms with Crippen LogP contribution in [0.2, 0.25) is 0 Å². The largest absolute Gasteiger partial charge is 0.299 e. The summed E-state index contributed by atoms with van der Waals surface area (Å²) < 4.78 is 12.6. The first kappa shape index (κ1) is 20.2. The Kier molecular flexibility index (Phi) is 5.35. The fourth-order valence-electron chi connectivity index (χ4n) is 4.35. The molecular formula is C24H23FN2O3. The molecule has 0 saturated carbocycles. The van der Waals surface area contributed by atoms with Crippen molar-refractivity contribution in [1.82, 2.24) is 5.32 Å². The van der Waals surface area contributed by atoms with Crippen molar-refractivity contribution >= 4 is 23.3 Å². The van der Waals surface area contributed by atoms with E-state index in [-0.39, 0.29) is 29.5 Å². The summed E-state index contributed by atoms with van der Waals surface area (Å²) in [5.41, 5.74) is 2.50. The van der Waals surface area contributed by atoms with Crippen LogP contribution >= 0.6 is 0 Å². The SMILES string of the molecule is CCc1ccc(F)c(C)c1.O=C1C=C[C@@H]2N[C@H]1[C@H]1C(=O)N(c3ccccc3)C(=O)[C@H]12. The van der Waals surface area contributed by atoms with Crippen molar-refractivity contribution in [3.05, 3.63) is 77.6 Å². The lowest BCUT2D eigenvalue weighted by atomic mass is 9.90. The van der Waals surface area contributed by atoms with Crippen molar-refractivity contribution in [2.75, 3.05) is 4.90 Å². The number of rotatable bonds is 2. The second-order valence-electron chi connectivity index (χ2n) is 7.77. The highest BCUT2D eigenvalue weighted by Crippen LogP contribution is 2.41. The first-order valence-electron chi connectivity index (χ1n) is 10.1. The number of aryl methyl sites for hydroxylation is 2. The standard InChI is InChI=1S/C15H12N2O3.C9H11F/c18-10-7-6-9-11-12(13(10)16-9)15(20)17(14(11)19)8-4-2-1-3-5-8;1-3-8-4-5-9(10)7(2)6-8/h1-7,9,11-13,16H;4-6H,3H2,1-2H3/t9-,11-,12-,13+;/m0./s1. The van der Waals surface area contributed by atoms with Crippen LogP contribution in [0.3, 0.4) is 0 Å². The Morgan fingerprint density at radius 2 is 1.70 bits per heavy atom. The molecule has 2 amide bonds. The lowest BCUT2D eigenvalue weighted by molar-refractivity contribution is -0.126. The number of carbonyl (C=O) groups is 3. The number of carbonyl (C=O) groups excluding carboxylic acids is 3. The van der Waals surface area contributed by atoms with Gasteiger partial charge in [0.15, 0.2) is 5.78 Å². The summed E-state index contributed by atoms with van der Waals surface area (Å²) in [7, 11) is 0. The molecule has 5 nitrogen and oxygen atoms in total. The van der Waals surface area contributed by atoms with E-state index in [9.17, 15) is 18.8 Å². The van der Waals surface area contributed by atoms with Crippen LogP contribution in [0.15, 0.2) is 60.7 Å². The van der Waals surface area contributed by atoms with Crippen molar-refractivity contribution in [2.45, 2.75) is 32.4 Å². The molecule has 0 spiro atoms. The van der Waals surface area contributed by atoms with E-state index in [1.807, 2.05) is 18.2 Å². The minimum atomic E-state index is -0.574. The van der Waals surface area contributed by atoms with E-state index in [0.717, 1.165) is 12.0 Å². The number of hydrogen-bond acceptors (Lipinski definition) is 4. The number of imide groups is 1. The van der Waals surface area contributed by atoms with E-state index in [1.54, 1.807) is 37.3 Å². The number of anilines is 1. The third-order valence-corrected chi connectivity index (χ3v) is 5.94. The summed E-state index contributed by atoms with van der Waals surface area (Å²) in [5.74, 6) is -1.76. The van der Waals surface area contributed by atoms with Crippen molar-refractivity contribution in [3.8, 4) is 0 Å². The van der Waals surface area contributed by atoms with Crippen molar-refractivity contribution < 1.29 is 18.8 Å². The van der Waals surface area contributed by atoms with Gasteiger partial charge in [0, 0.05) is 6.04 Å². The topological polar surface area (TPSA) is 66.5 Å². The summed E-state index contributed by atoms with van der Waals surface area (Å²) in [6.45, 7) is 3.85. The Bertz CT molecular complexity index is 1030. The number of para-hydroxylation sites is 1. The minimum absolute atomic E-state index is 0.114. The molecule has 0 aliphatic carbocycles. The highest BCUT2D eigenvalue weighted by molar-refractivity contribution is 6.24. The van der Waals surface area contributed by atoms with Crippen LogP contribution in [-0.4, -0.2) is 29.7 Å². The van der Waals surface area contributed by atoms with E-state index in [1.165, 1.54) is 22.6 Å². The predicted octanol–water partition coefficient (Wildman–Crippen LogP) is 2.97. The van der Waals surface area contributed by atoms with E-state index in [0.29, 0.717) is 5.69 Å². The Morgan fingerprint density at radius 1 is 1.00 bits per heavy atom. The summed E-state index contributed by atoms with van der Waals surface area (Å²) in [4.78, 5) is 38.2. The third kappa shape index (κ3) is 3.37. The molecule has 2 aromatic carbocycles.